The molecule has 1 N–H and O–H groups in total. The molecule has 130 valence electrons. The number of ether oxygens (including phenoxy) is 1. The molecule has 0 spiro atoms. The fraction of sp³-hybridized carbons (Fsp3) is 0.278. The largest absolute Gasteiger partial charge is 0.379 e. The first-order valence-electron chi connectivity index (χ1n) is 7.98. The third-order valence-corrected chi connectivity index (χ3v) is 5.36. The van der Waals surface area contributed by atoms with Crippen LogP contribution in [0.25, 0.3) is 0 Å². The topological polar surface area (TPSA) is 53.0 Å². The second-order valence-corrected chi connectivity index (χ2v) is 6.84. The summed E-state index contributed by atoms with van der Waals surface area (Å²) in [6, 6.07) is 12.2. The minimum absolute atomic E-state index is 0.285. The number of amides is 1. The number of carbonyl (C=O) groups excluding carboxylic acids is 1. The molecule has 1 fully saturated rings. The van der Waals surface area contributed by atoms with Crippen molar-refractivity contribution in [1.29, 1.82) is 0 Å². The number of rotatable bonds is 2. The van der Waals surface area contributed by atoms with E-state index in [1.54, 1.807) is 18.2 Å². The van der Waals surface area contributed by atoms with E-state index in [2.05, 4.69) is 0 Å². The summed E-state index contributed by atoms with van der Waals surface area (Å²) < 4.78 is 5.40. The maximum Gasteiger partial charge on any atom is 0.262 e. The Labute approximate surface area is 155 Å². The van der Waals surface area contributed by atoms with E-state index < -0.39 is 5.85 Å². The number of para-hydroxylation sites is 1. The average Bonchev–Trinajstić information content (AvgIpc) is 2.85. The Bertz CT molecular complexity index is 825. The van der Waals surface area contributed by atoms with Gasteiger partial charge in [0.15, 0.2) is 0 Å². The zero-order valence-electron chi connectivity index (χ0n) is 13.3. The van der Waals surface area contributed by atoms with Gasteiger partial charge in [0.2, 0.25) is 5.85 Å². The van der Waals surface area contributed by atoms with Crippen molar-refractivity contribution in [2.45, 2.75) is 5.85 Å². The molecule has 2 aliphatic rings. The van der Waals surface area contributed by atoms with Crippen molar-refractivity contribution in [3.8, 4) is 0 Å². The number of hydrogen-bond acceptors (Lipinski definition) is 4. The Balaban J connectivity index is 1.92. The minimum Gasteiger partial charge on any atom is -0.379 e. The molecule has 0 aromatic heterocycles. The number of hydrogen-bond donors (Lipinski definition) is 1. The number of fused-ring (bicyclic) bond motifs is 1. The van der Waals surface area contributed by atoms with Gasteiger partial charge in [-0.05, 0) is 24.3 Å². The van der Waals surface area contributed by atoms with Gasteiger partial charge in [0.05, 0.1) is 28.8 Å². The van der Waals surface area contributed by atoms with Crippen molar-refractivity contribution in [2.24, 2.45) is 0 Å². The van der Waals surface area contributed by atoms with Crippen LogP contribution in [0.2, 0.25) is 10.0 Å². The van der Waals surface area contributed by atoms with E-state index in [0.29, 0.717) is 48.1 Å². The molecule has 7 heteroatoms. The molecule has 2 aromatic carbocycles. The van der Waals surface area contributed by atoms with Gasteiger partial charge in [0.25, 0.3) is 5.91 Å². The monoisotopic (exact) mass is 378 g/mol. The summed E-state index contributed by atoms with van der Waals surface area (Å²) in [5, 5.41) is 12.3. The number of morpholine rings is 1. The standard InChI is InChI=1S/C18H16Cl2N2O3/c19-15-10-13-14(11-16(15)20)18(24,21-6-8-25-9-7-21)22(17(13)23)12-4-2-1-3-5-12/h1-5,10-11,24H,6-9H2. The van der Waals surface area contributed by atoms with Crippen LogP contribution in [0.1, 0.15) is 15.9 Å². The molecule has 2 heterocycles. The highest BCUT2D eigenvalue weighted by molar-refractivity contribution is 6.42. The lowest BCUT2D eigenvalue weighted by atomic mass is 10.0. The second kappa shape index (κ2) is 6.27. The van der Waals surface area contributed by atoms with Gasteiger partial charge in [0.1, 0.15) is 0 Å². The van der Waals surface area contributed by atoms with Crippen molar-refractivity contribution in [2.75, 3.05) is 31.2 Å². The van der Waals surface area contributed by atoms with Crippen LogP contribution in [0.15, 0.2) is 42.5 Å². The lowest BCUT2D eigenvalue weighted by molar-refractivity contribution is -0.139. The van der Waals surface area contributed by atoms with Crippen molar-refractivity contribution < 1.29 is 14.6 Å². The Morgan fingerprint density at radius 2 is 1.68 bits per heavy atom. The number of aliphatic hydroxyl groups is 1. The van der Waals surface area contributed by atoms with Gasteiger partial charge < -0.3 is 9.84 Å². The van der Waals surface area contributed by atoms with Gasteiger partial charge in [-0.1, -0.05) is 41.4 Å². The van der Waals surface area contributed by atoms with E-state index >= 15 is 0 Å². The predicted octanol–water partition coefficient (Wildman–Crippen LogP) is 3.09. The summed E-state index contributed by atoms with van der Waals surface area (Å²) in [6.45, 7) is 1.95. The van der Waals surface area contributed by atoms with E-state index in [4.69, 9.17) is 27.9 Å². The van der Waals surface area contributed by atoms with Crippen LogP contribution in [0.4, 0.5) is 5.69 Å². The maximum absolute atomic E-state index is 13.1. The summed E-state index contributed by atoms with van der Waals surface area (Å²) in [7, 11) is 0. The highest BCUT2D eigenvalue weighted by Crippen LogP contribution is 2.45. The number of carbonyl (C=O) groups is 1. The van der Waals surface area contributed by atoms with Crippen LogP contribution in [0.3, 0.4) is 0 Å². The van der Waals surface area contributed by atoms with Crippen LogP contribution in [-0.4, -0.2) is 42.2 Å². The molecule has 1 atom stereocenters. The summed E-state index contributed by atoms with van der Waals surface area (Å²) in [6.07, 6.45) is 0. The molecule has 2 aromatic rings. The van der Waals surface area contributed by atoms with Crippen LogP contribution >= 0.6 is 23.2 Å². The predicted molar refractivity (Wildman–Crippen MR) is 96.0 cm³/mol. The number of nitrogens with zero attached hydrogens (tertiary/aromatic N) is 2. The Morgan fingerprint density at radius 1 is 1.04 bits per heavy atom. The highest BCUT2D eigenvalue weighted by Gasteiger charge is 2.54. The van der Waals surface area contributed by atoms with Crippen LogP contribution in [0, 0.1) is 0 Å². The molecular formula is C18H16Cl2N2O3. The summed E-state index contributed by atoms with van der Waals surface area (Å²) in [5.74, 6) is -1.94. The van der Waals surface area contributed by atoms with Gasteiger partial charge >= 0.3 is 0 Å². The first-order valence-corrected chi connectivity index (χ1v) is 8.73. The molecule has 0 aliphatic carbocycles. The lowest BCUT2D eigenvalue weighted by Crippen LogP contribution is -2.59. The Hall–Kier alpha value is -1.63. The van der Waals surface area contributed by atoms with E-state index in [1.165, 1.54) is 11.0 Å². The maximum atomic E-state index is 13.1. The SMILES string of the molecule is O=C1c2cc(Cl)c(Cl)cc2C(O)(N2CCOCC2)N1c1ccccc1. The molecule has 2 aliphatic heterocycles. The second-order valence-electron chi connectivity index (χ2n) is 6.02. The van der Waals surface area contributed by atoms with Gasteiger partial charge in [-0.2, -0.15) is 0 Å². The zero-order valence-corrected chi connectivity index (χ0v) is 14.8. The van der Waals surface area contributed by atoms with Gasteiger partial charge in [-0.25, -0.2) is 4.90 Å². The molecule has 4 rings (SSSR count). The Kier molecular flexibility index (Phi) is 4.22. The quantitative estimate of drug-likeness (QED) is 0.872. The molecule has 1 saturated heterocycles. The van der Waals surface area contributed by atoms with Gasteiger partial charge in [-0.15, -0.1) is 0 Å². The van der Waals surface area contributed by atoms with Crippen LogP contribution in [-0.2, 0) is 10.6 Å². The smallest absolute Gasteiger partial charge is 0.262 e. The lowest BCUT2D eigenvalue weighted by Gasteiger charge is -2.44. The third kappa shape index (κ3) is 2.55. The molecular weight excluding hydrogens is 363 g/mol. The fourth-order valence-electron chi connectivity index (χ4n) is 3.45. The van der Waals surface area contributed by atoms with Crippen molar-refractivity contribution in [3.05, 3.63) is 63.6 Å². The zero-order chi connectivity index (χ0) is 17.6. The van der Waals surface area contributed by atoms with Crippen LogP contribution < -0.4 is 4.90 Å². The average molecular weight is 379 g/mol. The number of anilines is 1. The minimum atomic E-state index is -1.63. The normalized spacial score (nSPS) is 23.8. The molecule has 1 amide bonds. The van der Waals surface area contributed by atoms with E-state index in [0.717, 1.165) is 0 Å². The van der Waals surface area contributed by atoms with Crippen molar-refractivity contribution >= 4 is 34.8 Å². The third-order valence-electron chi connectivity index (χ3n) is 4.63. The van der Waals surface area contributed by atoms with Crippen LogP contribution in [0.5, 0.6) is 0 Å². The van der Waals surface area contributed by atoms with E-state index in [-0.39, 0.29) is 10.9 Å². The first kappa shape index (κ1) is 16.8. The van der Waals surface area contributed by atoms with E-state index in [9.17, 15) is 9.90 Å². The molecule has 0 saturated carbocycles. The number of halogens is 2. The fourth-order valence-corrected chi connectivity index (χ4v) is 3.77. The number of benzene rings is 2. The summed E-state index contributed by atoms with van der Waals surface area (Å²) in [5.41, 5.74) is 1.40. The summed E-state index contributed by atoms with van der Waals surface area (Å²) in [4.78, 5) is 16.4. The Morgan fingerprint density at radius 3 is 2.36 bits per heavy atom. The molecule has 0 radical (unpaired) electrons. The highest BCUT2D eigenvalue weighted by atomic mass is 35.5. The molecule has 25 heavy (non-hydrogen) atoms. The molecule has 0 bridgehead atoms. The summed E-state index contributed by atoms with van der Waals surface area (Å²) >= 11 is 12.3. The van der Waals surface area contributed by atoms with Crippen molar-refractivity contribution in [3.63, 3.8) is 0 Å². The first-order chi connectivity index (χ1) is 12.0. The molecule has 5 nitrogen and oxygen atoms in total. The van der Waals surface area contributed by atoms with Crippen molar-refractivity contribution in [1.82, 2.24) is 4.90 Å². The van der Waals surface area contributed by atoms with Gasteiger partial charge in [0, 0.05) is 24.3 Å². The van der Waals surface area contributed by atoms with Gasteiger partial charge in [-0.3, -0.25) is 9.69 Å². The van der Waals surface area contributed by atoms with E-state index in [1.807, 2.05) is 23.1 Å². The molecule has 1 unspecified atom stereocenters.